The summed E-state index contributed by atoms with van der Waals surface area (Å²) in [6.07, 6.45) is 0. The summed E-state index contributed by atoms with van der Waals surface area (Å²) in [4.78, 5) is 0. The predicted molar refractivity (Wildman–Crippen MR) is 121 cm³/mol. The van der Waals surface area contributed by atoms with Gasteiger partial charge in [0.1, 0.15) is 11.5 Å². The molecule has 2 N–H and O–H groups in total. The Morgan fingerprint density at radius 2 is 0.871 bits per heavy atom. The van der Waals surface area contributed by atoms with Gasteiger partial charge in [-0.1, -0.05) is 62.4 Å². The van der Waals surface area contributed by atoms with Crippen molar-refractivity contribution in [2.24, 2.45) is 0 Å². The Morgan fingerprint density at radius 3 is 1.23 bits per heavy atom. The molecule has 0 aliphatic rings. The molecule has 0 unspecified atom stereocenters. The fourth-order valence-electron chi connectivity index (χ4n) is 3.39. The van der Waals surface area contributed by atoms with Crippen LogP contribution in [0.3, 0.4) is 0 Å². The standard InChI is InChI=1S/C27H24O4/c1-27(2,19-11-15-21(16-12-19)30-25-9-5-3-7-23(25)28)20-13-17-22(18-14-20)31-26-10-6-4-8-24(26)29/h3-18,28-29H,1-2H3. The van der Waals surface area contributed by atoms with Crippen LogP contribution in [0.2, 0.25) is 0 Å². The first-order chi connectivity index (χ1) is 14.9. The van der Waals surface area contributed by atoms with Crippen molar-refractivity contribution >= 4 is 0 Å². The molecule has 0 saturated carbocycles. The van der Waals surface area contributed by atoms with Crippen molar-refractivity contribution in [1.29, 1.82) is 0 Å². The van der Waals surface area contributed by atoms with Gasteiger partial charge in [-0.15, -0.1) is 0 Å². The van der Waals surface area contributed by atoms with Crippen LogP contribution in [-0.4, -0.2) is 10.2 Å². The van der Waals surface area contributed by atoms with E-state index in [9.17, 15) is 10.2 Å². The molecule has 156 valence electrons. The minimum absolute atomic E-state index is 0.109. The van der Waals surface area contributed by atoms with E-state index in [-0.39, 0.29) is 16.9 Å². The van der Waals surface area contributed by atoms with Crippen LogP contribution in [-0.2, 0) is 5.41 Å². The quantitative estimate of drug-likeness (QED) is 0.358. The lowest BCUT2D eigenvalue weighted by atomic mass is 9.78. The summed E-state index contributed by atoms with van der Waals surface area (Å²) in [5.74, 6) is 2.39. The zero-order valence-corrected chi connectivity index (χ0v) is 17.4. The molecule has 4 aromatic carbocycles. The molecule has 4 heteroatoms. The molecule has 0 amide bonds. The molecule has 0 heterocycles. The third kappa shape index (κ3) is 4.48. The number of rotatable bonds is 6. The van der Waals surface area contributed by atoms with Crippen molar-refractivity contribution in [3.63, 3.8) is 0 Å². The maximum absolute atomic E-state index is 9.89. The molecule has 0 spiro atoms. The van der Waals surface area contributed by atoms with E-state index < -0.39 is 0 Å². The van der Waals surface area contributed by atoms with Gasteiger partial charge in [-0.2, -0.15) is 0 Å². The molecule has 0 radical (unpaired) electrons. The molecule has 31 heavy (non-hydrogen) atoms. The molecule has 4 nitrogen and oxygen atoms in total. The van der Waals surface area contributed by atoms with Crippen molar-refractivity contribution < 1.29 is 19.7 Å². The van der Waals surface area contributed by atoms with Gasteiger partial charge < -0.3 is 19.7 Å². The minimum Gasteiger partial charge on any atom is -0.504 e. The summed E-state index contributed by atoms with van der Waals surface area (Å²) in [5.41, 5.74) is 2.03. The monoisotopic (exact) mass is 412 g/mol. The SMILES string of the molecule is CC(C)(c1ccc(Oc2ccccc2O)cc1)c1ccc(Oc2ccccc2O)cc1. The second-order valence-electron chi connectivity index (χ2n) is 7.81. The van der Waals surface area contributed by atoms with Crippen LogP contribution < -0.4 is 9.47 Å². The zero-order valence-electron chi connectivity index (χ0n) is 17.4. The molecule has 0 saturated heterocycles. The molecular weight excluding hydrogens is 388 g/mol. The van der Waals surface area contributed by atoms with E-state index in [1.165, 1.54) is 0 Å². The van der Waals surface area contributed by atoms with Gasteiger partial charge in [0.15, 0.2) is 23.0 Å². The average Bonchev–Trinajstić information content (AvgIpc) is 2.78. The van der Waals surface area contributed by atoms with Crippen LogP contribution in [0.1, 0.15) is 25.0 Å². The smallest absolute Gasteiger partial charge is 0.169 e. The number of hydrogen-bond acceptors (Lipinski definition) is 4. The summed E-state index contributed by atoms with van der Waals surface area (Å²) in [5, 5.41) is 19.8. The number of aromatic hydroxyl groups is 2. The Hall–Kier alpha value is -3.92. The van der Waals surface area contributed by atoms with E-state index in [0.717, 1.165) is 11.1 Å². The van der Waals surface area contributed by atoms with Gasteiger partial charge in [0, 0.05) is 5.41 Å². The molecule has 0 aliphatic heterocycles. The Bertz CT molecular complexity index is 1070. The van der Waals surface area contributed by atoms with Gasteiger partial charge in [0.2, 0.25) is 0 Å². The molecule has 4 aromatic rings. The zero-order chi connectivity index (χ0) is 21.8. The fraction of sp³-hybridized carbons (Fsp3) is 0.111. The summed E-state index contributed by atoms with van der Waals surface area (Å²) < 4.78 is 11.6. The van der Waals surface area contributed by atoms with E-state index in [1.807, 2.05) is 60.7 Å². The maximum Gasteiger partial charge on any atom is 0.169 e. The van der Waals surface area contributed by atoms with Crippen LogP contribution in [0.5, 0.6) is 34.5 Å². The van der Waals surface area contributed by atoms with Gasteiger partial charge in [0.25, 0.3) is 0 Å². The van der Waals surface area contributed by atoms with Gasteiger partial charge >= 0.3 is 0 Å². The average molecular weight is 412 g/mol. The van der Waals surface area contributed by atoms with Crippen LogP contribution >= 0.6 is 0 Å². The molecule has 0 bridgehead atoms. The van der Waals surface area contributed by atoms with E-state index in [1.54, 1.807) is 36.4 Å². The lowest BCUT2D eigenvalue weighted by molar-refractivity contribution is 0.411. The number of phenols is 2. The highest BCUT2D eigenvalue weighted by Gasteiger charge is 2.23. The minimum atomic E-state index is -0.235. The third-order valence-corrected chi connectivity index (χ3v) is 5.34. The van der Waals surface area contributed by atoms with E-state index in [2.05, 4.69) is 13.8 Å². The fourth-order valence-corrected chi connectivity index (χ4v) is 3.39. The predicted octanol–water partition coefficient (Wildman–Crippen LogP) is 7.01. The largest absolute Gasteiger partial charge is 0.504 e. The summed E-state index contributed by atoms with van der Waals surface area (Å²) in [6, 6.07) is 29.5. The lowest BCUT2D eigenvalue weighted by Crippen LogP contribution is -2.18. The second kappa shape index (κ2) is 8.44. The second-order valence-corrected chi connectivity index (χ2v) is 7.81. The van der Waals surface area contributed by atoms with Crippen molar-refractivity contribution in [2.45, 2.75) is 19.3 Å². The Morgan fingerprint density at radius 1 is 0.516 bits per heavy atom. The summed E-state index contributed by atoms with van der Waals surface area (Å²) in [6.45, 7) is 4.32. The van der Waals surface area contributed by atoms with Crippen LogP contribution in [0.15, 0.2) is 97.1 Å². The van der Waals surface area contributed by atoms with E-state index in [0.29, 0.717) is 23.0 Å². The summed E-state index contributed by atoms with van der Waals surface area (Å²) in [7, 11) is 0. The molecule has 0 aliphatic carbocycles. The normalized spacial score (nSPS) is 11.2. The molecule has 0 atom stereocenters. The van der Waals surface area contributed by atoms with Crippen molar-refractivity contribution in [3.05, 3.63) is 108 Å². The molecule has 4 rings (SSSR count). The topological polar surface area (TPSA) is 58.9 Å². The highest BCUT2D eigenvalue weighted by Crippen LogP contribution is 2.36. The van der Waals surface area contributed by atoms with Gasteiger partial charge in [-0.3, -0.25) is 0 Å². The first-order valence-corrected chi connectivity index (χ1v) is 10.1. The number of ether oxygens (including phenoxy) is 2. The molecule has 0 aromatic heterocycles. The summed E-state index contributed by atoms with van der Waals surface area (Å²) >= 11 is 0. The highest BCUT2D eigenvalue weighted by atomic mass is 16.5. The van der Waals surface area contributed by atoms with Gasteiger partial charge in [-0.05, 0) is 59.7 Å². The molecule has 0 fully saturated rings. The van der Waals surface area contributed by atoms with Crippen LogP contribution in [0, 0.1) is 0 Å². The lowest BCUT2D eigenvalue weighted by Gasteiger charge is -2.26. The Kier molecular flexibility index (Phi) is 5.54. The van der Waals surface area contributed by atoms with Gasteiger partial charge in [0.05, 0.1) is 0 Å². The number of phenolic OH excluding ortho intramolecular Hbond substituents is 2. The highest BCUT2D eigenvalue weighted by molar-refractivity contribution is 5.46. The Balaban J connectivity index is 1.50. The number of hydrogen-bond donors (Lipinski definition) is 2. The van der Waals surface area contributed by atoms with Crippen molar-refractivity contribution in [1.82, 2.24) is 0 Å². The first kappa shape index (κ1) is 20.4. The van der Waals surface area contributed by atoms with Gasteiger partial charge in [-0.25, -0.2) is 0 Å². The maximum atomic E-state index is 9.89. The Labute approximate surface area is 182 Å². The number of benzene rings is 4. The van der Waals surface area contributed by atoms with Crippen LogP contribution in [0.4, 0.5) is 0 Å². The third-order valence-electron chi connectivity index (χ3n) is 5.34. The van der Waals surface area contributed by atoms with Crippen molar-refractivity contribution in [2.75, 3.05) is 0 Å². The van der Waals surface area contributed by atoms with Crippen LogP contribution in [0.25, 0.3) is 0 Å². The number of para-hydroxylation sites is 4. The van der Waals surface area contributed by atoms with Crippen molar-refractivity contribution in [3.8, 4) is 34.5 Å². The first-order valence-electron chi connectivity index (χ1n) is 10.1. The van der Waals surface area contributed by atoms with E-state index >= 15 is 0 Å². The molecular formula is C27H24O4. The van der Waals surface area contributed by atoms with E-state index in [4.69, 9.17) is 9.47 Å².